The van der Waals surface area contributed by atoms with Crippen LogP contribution >= 0.6 is 0 Å². The molecule has 0 fully saturated rings. The van der Waals surface area contributed by atoms with Crippen LogP contribution in [0.2, 0.25) is 0 Å². The third kappa shape index (κ3) is 4.84. The van der Waals surface area contributed by atoms with Crippen LogP contribution in [0, 0.1) is 0 Å². The summed E-state index contributed by atoms with van der Waals surface area (Å²) in [4.78, 5) is -2.02. The van der Waals surface area contributed by atoms with Gasteiger partial charge in [-0.15, -0.1) is 0 Å². The summed E-state index contributed by atoms with van der Waals surface area (Å²) in [5.41, 5.74) is 0. The van der Waals surface area contributed by atoms with Gasteiger partial charge in [0.25, 0.3) is 0 Å². The lowest BCUT2D eigenvalue weighted by atomic mass is 10.8. The SMILES string of the molecule is CCO[Si](OCC)(OCC)C(O)(CO)[Si](OCC)(OCC)OCC. The molecule has 0 radical (unpaired) electrons. The van der Waals surface area contributed by atoms with Gasteiger partial charge < -0.3 is 36.8 Å². The van der Waals surface area contributed by atoms with Gasteiger partial charge in [0.2, 0.25) is 4.85 Å². The van der Waals surface area contributed by atoms with Gasteiger partial charge in [-0.1, -0.05) is 0 Å². The molecule has 0 aliphatic rings. The Hall–Kier alpha value is 0.114. The van der Waals surface area contributed by atoms with Crippen molar-refractivity contribution in [3.63, 3.8) is 0 Å². The molecule has 0 unspecified atom stereocenters. The van der Waals surface area contributed by atoms with Crippen molar-refractivity contribution in [3.05, 3.63) is 0 Å². The van der Waals surface area contributed by atoms with Crippen molar-refractivity contribution in [1.82, 2.24) is 0 Å². The van der Waals surface area contributed by atoms with Crippen LogP contribution in [0.1, 0.15) is 41.5 Å². The molecule has 0 heterocycles. The summed E-state index contributed by atoms with van der Waals surface area (Å²) in [7, 11) is -7.61. The summed E-state index contributed by atoms with van der Waals surface area (Å²) >= 11 is 0. The Morgan fingerprint density at radius 3 is 0.917 bits per heavy atom. The lowest BCUT2D eigenvalue weighted by molar-refractivity contribution is -0.0711. The highest BCUT2D eigenvalue weighted by molar-refractivity contribution is 6.85. The maximum Gasteiger partial charge on any atom is 0.541 e. The van der Waals surface area contributed by atoms with E-state index in [0.717, 1.165) is 0 Å². The normalized spacial score (nSPS) is 13.5. The summed E-state index contributed by atoms with van der Waals surface area (Å²) in [6.07, 6.45) is 0. The Labute approximate surface area is 147 Å². The molecule has 0 saturated carbocycles. The molecular weight excluding hydrogens is 352 g/mol. The molecule has 0 aliphatic carbocycles. The first-order chi connectivity index (χ1) is 11.4. The van der Waals surface area contributed by atoms with Crippen LogP contribution in [0.4, 0.5) is 0 Å². The van der Waals surface area contributed by atoms with E-state index in [-0.39, 0.29) is 39.6 Å². The minimum Gasteiger partial charge on any atom is -0.393 e. The summed E-state index contributed by atoms with van der Waals surface area (Å²) < 4.78 is 34.7. The summed E-state index contributed by atoms with van der Waals surface area (Å²) in [5.74, 6) is 0. The van der Waals surface area contributed by atoms with Gasteiger partial charge in [-0.2, -0.15) is 0 Å². The average Bonchev–Trinajstić information content (AvgIpc) is 2.55. The average molecular weight is 387 g/mol. The van der Waals surface area contributed by atoms with Crippen molar-refractivity contribution >= 4 is 17.6 Å². The molecule has 0 aromatic rings. The second kappa shape index (κ2) is 11.7. The van der Waals surface area contributed by atoms with E-state index >= 15 is 0 Å². The molecule has 0 atom stereocenters. The second-order valence-corrected chi connectivity index (χ2v) is 10.8. The molecular formula is C14H34O8Si2. The molecule has 0 spiro atoms. The van der Waals surface area contributed by atoms with E-state index in [4.69, 9.17) is 26.6 Å². The fourth-order valence-corrected chi connectivity index (χ4v) is 9.89. The molecule has 2 N–H and O–H groups in total. The van der Waals surface area contributed by atoms with E-state index in [0.29, 0.717) is 0 Å². The van der Waals surface area contributed by atoms with Crippen LogP contribution in [0.15, 0.2) is 0 Å². The van der Waals surface area contributed by atoms with Crippen molar-refractivity contribution in [3.8, 4) is 0 Å². The maximum atomic E-state index is 11.6. The van der Waals surface area contributed by atoms with Crippen LogP contribution in [-0.2, 0) is 26.6 Å². The van der Waals surface area contributed by atoms with Gasteiger partial charge in [0.05, 0.1) is 6.61 Å². The van der Waals surface area contributed by atoms with Crippen molar-refractivity contribution < 1.29 is 36.8 Å². The van der Waals surface area contributed by atoms with E-state index in [1.165, 1.54) is 0 Å². The van der Waals surface area contributed by atoms with Crippen LogP contribution < -0.4 is 0 Å². The zero-order chi connectivity index (χ0) is 18.7. The highest BCUT2D eigenvalue weighted by Crippen LogP contribution is 2.36. The fraction of sp³-hybridized carbons (Fsp3) is 1.00. The van der Waals surface area contributed by atoms with Crippen LogP contribution in [0.5, 0.6) is 0 Å². The molecule has 146 valence electrons. The zero-order valence-corrected chi connectivity index (χ0v) is 17.8. The quantitative estimate of drug-likeness (QED) is 0.401. The predicted molar refractivity (Wildman–Crippen MR) is 93.3 cm³/mol. The van der Waals surface area contributed by atoms with Gasteiger partial charge in [-0.3, -0.25) is 0 Å². The number of hydrogen-bond donors (Lipinski definition) is 2. The third-order valence-electron chi connectivity index (χ3n) is 3.25. The summed E-state index contributed by atoms with van der Waals surface area (Å²) in [6, 6.07) is 0. The highest BCUT2D eigenvalue weighted by atomic mass is 28.5. The molecule has 0 rings (SSSR count). The standard InChI is InChI=1S/C14H34O8Si2/c1-7-17-23(18-8-2,19-9-3)14(16,13-15)24(20-10-4,21-11-5)22-12-6/h15-16H,7-13H2,1-6H3. The first kappa shape index (κ1) is 24.1. The first-order valence-corrected chi connectivity index (χ1v) is 12.0. The smallest absolute Gasteiger partial charge is 0.393 e. The fourth-order valence-electron chi connectivity index (χ4n) is 2.49. The zero-order valence-electron chi connectivity index (χ0n) is 15.8. The topological polar surface area (TPSA) is 95.8 Å². The Kier molecular flexibility index (Phi) is 11.7. The van der Waals surface area contributed by atoms with E-state index in [9.17, 15) is 10.2 Å². The van der Waals surface area contributed by atoms with Gasteiger partial charge in [-0.25, -0.2) is 0 Å². The first-order valence-electron chi connectivity index (χ1n) is 8.59. The van der Waals surface area contributed by atoms with Gasteiger partial charge in [0.15, 0.2) is 0 Å². The van der Waals surface area contributed by atoms with Gasteiger partial charge in [0, 0.05) is 39.6 Å². The number of aliphatic hydroxyl groups is 2. The predicted octanol–water partition coefficient (Wildman–Crippen LogP) is 0.885. The van der Waals surface area contributed by atoms with E-state index in [1.54, 1.807) is 41.5 Å². The Morgan fingerprint density at radius 1 is 0.583 bits per heavy atom. The largest absolute Gasteiger partial charge is 0.541 e. The Morgan fingerprint density at radius 2 is 0.792 bits per heavy atom. The minimum absolute atomic E-state index is 0.239. The van der Waals surface area contributed by atoms with E-state index in [2.05, 4.69) is 0 Å². The third-order valence-corrected chi connectivity index (χ3v) is 11.4. The van der Waals surface area contributed by atoms with Crippen molar-refractivity contribution in [2.75, 3.05) is 46.2 Å². The molecule has 0 bridgehead atoms. The number of hydrogen-bond acceptors (Lipinski definition) is 8. The molecule has 0 aromatic heterocycles. The van der Waals surface area contributed by atoms with Crippen LogP contribution in [0.25, 0.3) is 0 Å². The van der Waals surface area contributed by atoms with Gasteiger partial charge in [-0.05, 0) is 41.5 Å². The number of aliphatic hydroxyl groups excluding tert-OH is 1. The molecule has 0 amide bonds. The molecule has 0 saturated heterocycles. The highest BCUT2D eigenvalue weighted by Gasteiger charge is 2.77. The monoisotopic (exact) mass is 386 g/mol. The Bertz CT molecular complexity index is 272. The lowest BCUT2D eigenvalue weighted by Gasteiger charge is -2.47. The molecule has 10 heteroatoms. The molecule has 8 nitrogen and oxygen atoms in total. The van der Waals surface area contributed by atoms with Gasteiger partial charge >= 0.3 is 17.6 Å². The number of rotatable bonds is 15. The van der Waals surface area contributed by atoms with Crippen LogP contribution in [-0.4, -0.2) is 78.9 Å². The lowest BCUT2D eigenvalue weighted by Crippen LogP contribution is -2.81. The summed E-state index contributed by atoms with van der Waals surface area (Å²) in [6.45, 7) is 11.3. The van der Waals surface area contributed by atoms with Crippen LogP contribution in [0.3, 0.4) is 0 Å². The molecule has 0 aromatic carbocycles. The van der Waals surface area contributed by atoms with Crippen molar-refractivity contribution in [1.29, 1.82) is 0 Å². The minimum atomic E-state index is -3.80. The molecule has 0 aliphatic heterocycles. The summed E-state index contributed by atoms with van der Waals surface area (Å²) in [5, 5.41) is 21.7. The van der Waals surface area contributed by atoms with Crippen molar-refractivity contribution in [2.45, 2.75) is 46.4 Å². The molecule has 24 heavy (non-hydrogen) atoms. The van der Waals surface area contributed by atoms with Gasteiger partial charge in [0.1, 0.15) is 0 Å². The van der Waals surface area contributed by atoms with E-state index < -0.39 is 29.1 Å². The maximum absolute atomic E-state index is 11.6. The second-order valence-electron chi connectivity index (χ2n) is 4.73. The van der Waals surface area contributed by atoms with E-state index in [1.807, 2.05) is 0 Å². The van der Waals surface area contributed by atoms with Crippen molar-refractivity contribution in [2.24, 2.45) is 0 Å². The Balaban J connectivity index is 6.30.